The lowest BCUT2D eigenvalue weighted by Crippen LogP contribution is -2.34. The summed E-state index contributed by atoms with van der Waals surface area (Å²) in [5.74, 6) is 0.278. The molecule has 0 aliphatic carbocycles. The molecule has 2 aromatic rings. The van der Waals surface area contributed by atoms with E-state index < -0.39 is 10.8 Å². The van der Waals surface area contributed by atoms with Crippen LogP contribution in [0.4, 0.5) is 11.4 Å². The van der Waals surface area contributed by atoms with Crippen LogP contribution in [-0.4, -0.2) is 30.2 Å². The Labute approximate surface area is 162 Å². The molecule has 0 heterocycles. The van der Waals surface area contributed by atoms with E-state index in [-0.39, 0.29) is 16.5 Å². The van der Waals surface area contributed by atoms with E-state index in [1.807, 2.05) is 0 Å². The molecule has 8 nitrogen and oxygen atoms in total. The number of carbonyl (C=O) groups excluding carboxylic acids is 1. The van der Waals surface area contributed by atoms with Gasteiger partial charge in [-0.05, 0) is 58.5 Å². The summed E-state index contributed by atoms with van der Waals surface area (Å²) < 4.78 is 10.7. The molecule has 2 aromatic carbocycles. The Bertz CT molecular complexity index is 875. The SMILES string of the molecule is COc1ccc(C(=O)NC(=S)Nc2ccc(OC)c([N+](=O)[O-])c2)cc1Br. The van der Waals surface area contributed by atoms with Crippen LogP contribution < -0.4 is 20.1 Å². The quantitative estimate of drug-likeness (QED) is 0.417. The van der Waals surface area contributed by atoms with Gasteiger partial charge < -0.3 is 14.8 Å². The summed E-state index contributed by atoms with van der Waals surface area (Å²) in [4.78, 5) is 22.7. The van der Waals surface area contributed by atoms with E-state index in [1.165, 1.54) is 26.4 Å². The van der Waals surface area contributed by atoms with Gasteiger partial charge >= 0.3 is 5.69 Å². The largest absolute Gasteiger partial charge is 0.496 e. The Kier molecular flexibility index (Phi) is 6.47. The van der Waals surface area contributed by atoms with E-state index >= 15 is 0 Å². The molecular weight excluding hydrogens is 426 g/mol. The monoisotopic (exact) mass is 439 g/mol. The van der Waals surface area contributed by atoms with Gasteiger partial charge in [-0.1, -0.05) is 0 Å². The number of methoxy groups -OCH3 is 2. The topological polar surface area (TPSA) is 103 Å². The van der Waals surface area contributed by atoms with Crippen molar-refractivity contribution in [3.8, 4) is 11.5 Å². The number of ether oxygens (including phenoxy) is 2. The lowest BCUT2D eigenvalue weighted by Gasteiger charge is -2.11. The lowest BCUT2D eigenvalue weighted by molar-refractivity contribution is -0.385. The van der Waals surface area contributed by atoms with Crippen LogP contribution in [0.5, 0.6) is 11.5 Å². The molecule has 1 amide bonds. The number of amides is 1. The third-order valence-electron chi connectivity index (χ3n) is 3.27. The smallest absolute Gasteiger partial charge is 0.312 e. The molecule has 0 aromatic heterocycles. The van der Waals surface area contributed by atoms with Gasteiger partial charge in [-0.2, -0.15) is 0 Å². The first-order valence-electron chi connectivity index (χ1n) is 7.14. The van der Waals surface area contributed by atoms with Crippen molar-refractivity contribution in [3.63, 3.8) is 0 Å². The van der Waals surface area contributed by atoms with Crippen LogP contribution in [-0.2, 0) is 0 Å². The molecule has 0 aliphatic heterocycles. The zero-order valence-electron chi connectivity index (χ0n) is 13.7. The Balaban J connectivity index is 2.09. The number of nitrogens with one attached hydrogen (secondary N) is 2. The summed E-state index contributed by atoms with van der Waals surface area (Å²) in [5, 5.41) is 16.3. The predicted octanol–water partition coefficient (Wildman–Crippen LogP) is 3.50. The Morgan fingerprint density at radius 3 is 2.38 bits per heavy atom. The van der Waals surface area contributed by atoms with Crippen LogP contribution in [0.25, 0.3) is 0 Å². The molecule has 10 heteroatoms. The fourth-order valence-corrected chi connectivity index (χ4v) is 2.81. The number of carbonyl (C=O) groups is 1. The van der Waals surface area contributed by atoms with Gasteiger partial charge in [-0.3, -0.25) is 20.2 Å². The minimum atomic E-state index is -0.569. The minimum Gasteiger partial charge on any atom is -0.496 e. The van der Waals surface area contributed by atoms with Gasteiger partial charge in [0.05, 0.1) is 23.6 Å². The van der Waals surface area contributed by atoms with Gasteiger partial charge in [-0.15, -0.1) is 0 Å². The minimum absolute atomic E-state index is 0.00130. The highest BCUT2D eigenvalue weighted by Gasteiger charge is 2.16. The maximum absolute atomic E-state index is 12.2. The van der Waals surface area contributed by atoms with Crippen molar-refractivity contribution in [1.82, 2.24) is 5.32 Å². The Morgan fingerprint density at radius 1 is 1.15 bits per heavy atom. The molecule has 0 fully saturated rings. The second-order valence-corrected chi connectivity index (χ2v) is 6.16. The summed E-state index contributed by atoms with van der Waals surface area (Å²) in [6, 6.07) is 9.07. The summed E-state index contributed by atoms with van der Waals surface area (Å²) in [7, 11) is 2.86. The molecule has 0 radical (unpaired) electrons. The van der Waals surface area contributed by atoms with Gasteiger partial charge in [-0.25, -0.2) is 0 Å². The third-order valence-corrected chi connectivity index (χ3v) is 4.10. The fourth-order valence-electron chi connectivity index (χ4n) is 2.06. The highest BCUT2D eigenvalue weighted by Crippen LogP contribution is 2.29. The Morgan fingerprint density at radius 2 is 1.81 bits per heavy atom. The normalized spacial score (nSPS) is 9.96. The van der Waals surface area contributed by atoms with Gasteiger partial charge in [0.25, 0.3) is 5.91 Å². The van der Waals surface area contributed by atoms with Gasteiger partial charge in [0, 0.05) is 17.3 Å². The van der Waals surface area contributed by atoms with Gasteiger partial charge in [0.1, 0.15) is 5.75 Å². The van der Waals surface area contributed by atoms with Crippen LogP contribution in [0.15, 0.2) is 40.9 Å². The fraction of sp³-hybridized carbons (Fsp3) is 0.125. The van der Waals surface area contributed by atoms with Gasteiger partial charge in [0.15, 0.2) is 10.9 Å². The van der Waals surface area contributed by atoms with E-state index in [0.717, 1.165) is 0 Å². The average molecular weight is 440 g/mol. The number of hydrogen-bond donors (Lipinski definition) is 2. The van der Waals surface area contributed by atoms with Crippen molar-refractivity contribution in [2.45, 2.75) is 0 Å². The second kappa shape index (κ2) is 8.59. The van der Waals surface area contributed by atoms with Crippen molar-refractivity contribution in [1.29, 1.82) is 0 Å². The number of hydrogen-bond acceptors (Lipinski definition) is 6. The molecule has 0 atom stereocenters. The maximum atomic E-state index is 12.2. The van der Waals surface area contributed by atoms with E-state index in [9.17, 15) is 14.9 Å². The van der Waals surface area contributed by atoms with Crippen molar-refractivity contribution in [3.05, 3.63) is 56.5 Å². The molecule has 0 saturated carbocycles. The van der Waals surface area contributed by atoms with Crippen LogP contribution in [0.2, 0.25) is 0 Å². The zero-order chi connectivity index (χ0) is 19.3. The molecule has 0 unspecified atom stereocenters. The van der Waals surface area contributed by atoms with E-state index in [4.69, 9.17) is 21.7 Å². The molecule has 26 heavy (non-hydrogen) atoms. The standard InChI is InChI=1S/C16H14BrN3O5S/c1-24-13-5-3-9(7-11(13)17)15(21)19-16(26)18-10-4-6-14(25-2)12(8-10)20(22)23/h3-8H,1-2H3,(H2,18,19,21,26). The molecule has 0 saturated heterocycles. The molecule has 2 N–H and O–H groups in total. The number of rotatable bonds is 5. The number of thiocarbonyl (C=S) groups is 1. The second-order valence-electron chi connectivity index (χ2n) is 4.90. The molecule has 0 spiro atoms. The maximum Gasteiger partial charge on any atom is 0.312 e. The summed E-state index contributed by atoms with van der Waals surface area (Å²) in [5.41, 5.74) is 0.493. The Hall–Kier alpha value is -2.72. The van der Waals surface area contributed by atoms with Crippen molar-refractivity contribution >= 4 is 50.5 Å². The predicted molar refractivity (Wildman–Crippen MR) is 104 cm³/mol. The molecule has 0 aliphatic rings. The molecule has 136 valence electrons. The first-order valence-corrected chi connectivity index (χ1v) is 8.34. The number of nitro benzene ring substituents is 1. The highest BCUT2D eigenvalue weighted by molar-refractivity contribution is 9.10. The molecule has 0 bridgehead atoms. The molecular formula is C16H14BrN3O5S. The van der Waals surface area contributed by atoms with E-state index in [1.54, 1.807) is 24.3 Å². The van der Waals surface area contributed by atoms with Crippen molar-refractivity contribution in [2.24, 2.45) is 0 Å². The number of nitrogens with zero attached hydrogens (tertiary/aromatic N) is 1. The summed E-state index contributed by atoms with van der Waals surface area (Å²) in [6.07, 6.45) is 0. The van der Waals surface area contributed by atoms with Crippen molar-refractivity contribution in [2.75, 3.05) is 19.5 Å². The van der Waals surface area contributed by atoms with Crippen molar-refractivity contribution < 1.29 is 19.2 Å². The zero-order valence-corrected chi connectivity index (χ0v) is 16.1. The number of benzene rings is 2. The summed E-state index contributed by atoms with van der Waals surface area (Å²) >= 11 is 8.38. The first kappa shape index (κ1) is 19.6. The first-order chi connectivity index (χ1) is 12.3. The summed E-state index contributed by atoms with van der Waals surface area (Å²) in [6.45, 7) is 0. The van der Waals surface area contributed by atoms with E-state index in [0.29, 0.717) is 21.5 Å². The van der Waals surface area contributed by atoms with Crippen LogP contribution >= 0.6 is 28.1 Å². The highest BCUT2D eigenvalue weighted by atomic mass is 79.9. The number of halogens is 1. The van der Waals surface area contributed by atoms with Crippen LogP contribution in [0.1, 0.15) is 10.4 Å². The lowest BCUT2D eigenvalue weighted by atomic mass is 10.2. The van der Waals surface area contributed by atoms with Crippen LogP contribution in [0.3, 0.4) is 0 Å². The number of anilines is 1. The average Bonchev–Trinajstić information content (AvgIpc) is 2.61. The molecule has 2 rings (SSSR count). The van der Waals surface area contributed by atoms with Crippen LogP contribution in [0, 0.1) is 10.1 Å². The number of nitro groups is 1. The third kappa shape index (κ3) is 4.67. The van der Waals surface area contributed by atoms with Gasteiger partial charge in [0.2, 0.25) is 0 Å². The van der Waals surface area contributed by atoms with E-state index in [2.05, 4.69) is 26.6 Å².